The first-order valence-electron chi connectivity index (χ1n) is 9.67. The molecule has 5 nitrogen and oxygen atoms in total. The summed E-state index contributed by atoms with van der Waals surface area (Å²) in [7, 11) is 0. The van der Waals surface area contributed by atoms with Gasteiger partial charge in [0, 0.05) is 29.5 Å². The monoisotopic (exact) mass is 358 g/mol. The maximum atomic E-state index is 12.8. The lowest BCUT2D eigenvalue weighted by Crippen LogP contribution is -2.63. The Balaban J connectivity index is 1.42. The lowest BCUT2D eigenvalue weighted by molar-refractivity contribution is -0.0484. The molecule has 1 N–H and O–H groups in total. The molecule has 27 heavy (non-hydrogen) atoms. The molecule has 1 amide bonds. The van der Waals surface area contributed by atoms with Gasteiger partial charge in [-0.2, -0.15) is 0 Å². The van der Waals surface area contributed by atoms with Crippen LogP contribution in [0.2, 0.25) is 0 Å². The van der Waals surface area contributed by atoms with Crippen LogP contribution in [0.25, 0.3) is 0 Å². The van der Waals surface area contributed by atoms with E-state index in [1.54, 1.807) is 30.9 Å². The third-order valence-corrected chi connectivity index (χ3v) is 6.36. The van der Waals surface area contributed by atoms with Crippen molar-refractivity contribution in [3.8, 4) is 11.8 Å². The first-order valence-corrected chi connectivity index (χ1v) is 9.67. The van der Waals surface area contributed by atoms with Gasteiger partial charge in [0.1, 0.15) is 11.4 Å². The van der Waals surface area contributed by atoms with E-state index in [1.165, 1.54) is 6.42 Å². The highest BCUT2D eigenvalue weighted by Crippen LogP contribution is 2.61. The van der Waals surface area contributed by atoms with Gasteiger partial charge in [0.25, 0.3) is 5.91 Å². The van der Waals surface area contributed by atoms with Crippen LogP contribution < -0.4 is 5.32 Å². The SMILES string of the molecule is O=C(NC12CC3CC(CC(C#Cc4cnccn4)(C3)C1)C2)c1ccccn1. The van der Waals surface area contributed by atoms with Crippen molar-refractivity contribution in [1.29, 1.82) is 0 Å². The van der Waals surface area contributed by atoms with Crippen molar-refractivity contribution < 1.29 is 4.79 Å². The van der Waals surface area contributed by atoms with Gasteiger partial charge >= 0.3 is 0 Å². The van der Waals surface area contributed by atoms with Crippen LogP contribution >= 0.6 is 0 Å². The summed E-state index contributed by atoms with van der Waals surface area (Å²) in [6.07, 6.45) is 13.3. The Labute approximate surface area is 159 Å². The molecule has 0 aliphatic heterocycles. The molecule has 0 radical (unpaired) electrons. The number of hydrogen-bond acceptors (Lipinski definition) is 4. The number of pyridine rings is 1. The van der Waals surface area contributed by atoms with Crippen LogP contribution in [0.5, 0.6) is 0 Å². The zero-order valence-corrected chi connectivity index (χ0v) is 15.2. The van der Waals surface area contributed by atoms with Gasteiger partial charge in [-0.3, -0.25) is 14.8 Å². The third-order valence-electron chi connectivity index (χ3n) is 6.36. The van der Waals surface area contributed by atoms with Gasteiger partial charge in [0.2, 0.25) is 0 Å². The number of carbonyl (C=O) groups is 1. The highest BCUT2D eigenvalue weighted by atomic mass is 16.2. The lowest BCUT2D eigenvalue weighted by atomic mass is 9.47. The number of hydrogen-bond donors (Lipinski definition) is 1. The van der Waals surface area contributed by atoms with E-state index in [4.69, 9.17) is 0 Å². The second-order valence-electron chi connectivity index (χ2n) is 8.53. The van der Waals surface area contributed by atoms with Gasteiger partial charge in [-0.1, -0.05) is 12.0 Å². The minimum Gasteiger partial charge on any atom is -0.345 e. The average molecular weight is 358 g/mol. The van der Waals surface area contributed by atoms with E-state index in [0.29, 0.717) is 17.5 Å². The Morgan fingerprint density at radius 2 is 1.93 bits per heavy atom. The third kappa shape index (κ3) is 3.10. The largest absolute Gasteiger partial charge is 0.345 e. The first-order chi connectivity index (χ1) is 13.1. The second kappa shape index (κ2) is 6.16. The maximum absolute atomic E-state index is 12.8. The molecule has 6 rings (SSSR count). The zero-order valence-electron chi connectivity index (χ0n) is 15.2. The topological polar surface area (TPSA) is 67.8 Å². The van der Waals surface area contributed by atoms with E-state index in [0.717, 1.165) is 37.8 Å². The average Bonchev–Trinajstić information content (AvgIpc) is 2.67. The van der Waals surface area contributed by atoms with E-state index in [1.807, 2.05) is 12.1 Å². The predicted octanol–water partition coefficient (Wildman–Crippen LogP) is 2.99. The van der Waals surface area contributed by atoms with Crippen molar-refractivity contribution >= 4 is 5.91 Å². The van der Waals surface area contributed by atoms with Crippen molar-refractivity contribution in [2.45, 2.75) is 44.1 Å². The van der Waals surface area contributed by atoms with Gasteiger partial charge in [0.05, 0.1) is 6.20 Å². The predicted molar refractivity (Wildman–Crippen MR) is 100 cm³/mol. The number of carbonyl (C=O) groups excluding carboxylic acids is 1. The number of rotatable bonds is 2. The quantitative estimate of drug-likeness (QED) is 0.838. The van der Waals surface area contributed by atoms with Crippen molar-refractivity contribution in [3.63, 3.8) is 0 Å². The van der Waals surface area contributed by atoms with Crippen molar-refractivity contribution in [2.75, 3.05) is 0 Å². The standard InChI is InChI=1S/C22H22N4O/c27-20(19-3-1-2-6-25-19)26-22-12-16-9-17(13-22)11-21(10-16,15-22)5-4-18-14-23-7-8-24-18/h1-3,6-8,14,16-17H,9-13,15H2,(H,26,27). The fourth-order valence-electron chi connectivity index (χ4n) is 5.92. The summed E-state index contributed by atoms with van der Waals surface area (Å²) in [6.45, 7) is 0. The van der Waals surface area contributed by atoms with Gasteiger partial charge < -0.3 is 5.32 Å². The fourth-order valence-corrected chi connectivity index (χ4v) is 5.92. The molecule has 2 aromatic heterocycles. The van der Waals surface area contributed by atoms with Gasteiger partial charge in [0.15, 0.2) is 0 Å². The number of nitrogens with zero attached hydrogens (tertiary/aromatic N) is 3. The Hall–Kier alpha value is -2.74. The molecular formula is C22H22N4O. The minimum atomic E-state index is -0.143. The molecule has 2 atom stereocenters. The molecule has 136 valence electrons. The Morgan fingerprint density at radius 3 is 2.63 bits per heavy atom. The molecule has 4 saturated carbocycles. The van der Waals surface area contributed by atoms with E-state index < -0.39 is 0 Å². The number of aromatic nitrogens is 3. The molecule has 4 fully saturated rings. The maximum Gasteiger partial charge on any atom is 0.270 e. The summed E-state index contributed by atoms with van der Waals surface area (Å²) in [5.74, 6) is 8.05. The van der Waals surface area contributed by atoms with Crippen molar-refractivity contribution in [2.24, 2.45) is 17.3 Å². The van der Waals surface area contributed by atoms with E-state index in [9.17, 15) is 4.79 Å². The second-order valence-corrected chi connectivity index (χ2v) is 8.53. The first kappa shape index (κ1) is 16.4. The highest BCUT2D eigenvalue weighted by molar-refractivity contribution is 5.92. The summed E-state index contributed by atoms with van der Waals surface area (Å²) in [6, 6.07) is 5.47. The van der Waals surface area contributed by atoms with Crippen LogP contribution in [0, 0.1) is 29.1 Å². The summed E-state index contributed by atoms with van der Waals surface area (Å²) < 4.78 is 0. The fraction of sp³-hybridized carbons (Fsp3) is 0.455. The van der Waals surface area contributed by atoms with Crippen LogP contribution in [-0.2, 0) is 0 Å². The van der Waals surface area contributed by atoms with Crippen molar-refractivity contribution in [1.82, 2.24) is 20.3 Å². The number of nitrogens with one attached hydrogen (secondary N) is 1. The van der Waals surface area contributed by atoms with Crippen molar-refractivity contribution in [3.05, 3.63) is 54.4 Å². The van der Waals surface area contributed by atoms with Crippen LogP contribution in [-0.4, -0.2) is 26.4 Å². The summed E-state index contributed by atoms with van der Waals surface area (Å²) in [4.78, 5) is 25.4. The Morgan fingerprint density at radius 1 is 1.07 bits per heavy atom. The highest BCUT2D eigenvalue weighted by Gasteiger charge is 2.57. The normalized spacial score (nSPS) is 33.2. The summed E-state index contributed by atoms with van der Waals surface area (Å²) >= 11 is 0. The van der Waals surface area contributed by atoms with Crippen LogP contribution in [0.15, 0.2) is 43.0 Å². The Kier molecular flexibility index (Phi) is 3.75. The summed E-state index contributed by atoms with van der Waals surface area (Å²) in [5.41, 5.74) is 1.06. The molecule has 5 heteroatoms. The molecule has 2 heterocycles. The van der Waals surface area contributed by atoms with E-state index in [-0.39, 0.29) is 16.9 Å². The van der Waals surface area contributed by atoms with Crippen LogP contribution in [0.1, 0.15) is 54.7 Å². The summed E-state index contributed by atoms with van der Waals surface area (Å²) in [5, 5.41) is 3.37. The molecule has 4 aliphatic rings. The van der Waals surface area contributed by atoms with Gasteiger partial charge in [-0.25, -0.2) is 4.98 Å². The lowest BCUT2D eigenvalue weighted by Gasteiger charge is -2.60. The van der Waals surface area contributed by atoms with Gasteiger partial charge in [-0.05, 0) is 68.4 Å². The van der Waals surface area contributed by atoms with E-state index in [2.05, 4.69) is 32.1 Å². The minimum absolute atomic E-state index is 0.0149. The molecule has 4 aliphatic carbocycles. The van der Waals surface area contributed by atoms with Crippen LogP contribution in [0.3, 0.4) is 0 Å². The zero-order chi connectivity index (χ0) is 18.3. The smallest absolute Gasteiger partial charge is 0.270 e. The molecule has 0 spiro atoms. The Bertz CT molecular complexity index is 902. The molecule has 0 saturated heterocycles. The number of amides is 1. The molecule has 0 aromatic carbocycles. The van der Waals surface area contributed by atoms with Gasteiger partial charge in [-0.15, -0.1) is 0 Å². The molecule has 4 bridgehead atoms. The van der Waals surface area contributed by atoms with Crippen LogP contribution in [0.4, 0.5) is 0 Å². The molecular weight excluding hydrogens is 336 g/mol. The molecule has 2 aromatic rings. The van der Waals surface area contributed by atoms with E-state index >= 15 is 0 Å². The molecule has 2 unspecified atom stereocenters.